The number of rotatable bonds is 4. The molecule has 1 aliphatic heterocycles. The molecule has 1 heterocycles. The maximum atomic E-state index is 13.0. The predicted octanol–water partition coefficient (Wildman–Crippen LogP) is 1.89. The van der Waals surface area contributed by atoms with Crippen LogP contribution in [-0.4, -0.2) is 25.5 Å². The summed E-state index contributed by atoms with van der Waals surface area (Å²) in [5, 5.41) is 6.29. The molecule has 4 heteroatoms. The highest BCUT2D eigenvalue weighted by atomic mass is 19.1. The Hall–Kier alpha value is -1.68. The number of halogens is 1. The zero-order valence-corrected chi connectivity index (χ0v) is 11.4. The predicted molar refractivity (Wildman–Crippen MR) is 75.9 cm³/mol. The van der Waals surface area contributed by atoms with Gasteiger partial charge in [-0.2, -0.15) is 0 Å². The number of carbonyl (C=O) groups excluding carboxylic acids is 1. The van der Waals surface area contributed by atoms with Crippen LogP contribution in [-0.2, 0) is 10.2 Å². The smallest absolute Gasteiger partial charge is 0.230 e. The summed E-state index contributed by atoms with van der Waals surface area (Å²) in [5.74, 6) is -0.187. The standard InChI is InChI=1S/C16H19FN2O/c17-14-3-1-13(2-4-14)16(7-8-16)15(20)19-11-12-5-9-18-10-6-12/h1-5,18H,6-11H2,(H,19,20). The first-order valence-corrected chi connectivity index (χ1v) is 7.14. The lowest BCUT2D eigenvalue weighted by Gasteiger charge is -2.18. The Morgan fingerprint density at radius 3 is 2.65 bits per heavy atom. The average molecular weight is 274 g/mol. The number of carbonyl (C=O) groups is 1. The Balaban J connectivity index is 1.64. The summed E-state index contributed by atoms with van der Waals surface area (Å²) in [4.78, 5) is 12.4. The van der Waals surface area contributed by atoms with Gasteiger partial charge in [0.2, 0.25) is 5.91 Å². The molecule has 0 atom stereocenters. The minimum Gasteiger partial charge on any atom is -0.352 e. The van der Waals surface area contributed by atoms with Crippen LogP contribution < -0.4 is 10.6 Å². The third-order valence-corrected chi connectivity index (χ3v) is 4.22. The minimum atomic E-state index is -0.415. The largest absolute Gasteiger partial charge is 0.352 e. The number of hydrogen-bond donors (Lipinski definition) is 2. The zero-order chi connectivity index (χ0) is 14.0. The minimum absolute atomic E-state index is 0.0727. The van der Waals surface area contributed by atoms with E-state index in [1.807, 2.05) is 0 Å². The van der Waals surface area contributed by atoms with Gasteiger partial charge in [-0.05, 0) is 43.5 Å². The third-order valence-electron chi connectivity index (χ3n) is 4.22. The van der Waals surface area contributed by atoms with E-state index in [0.717, 1.165) is 37.9 Å². The molecular weight excluding hydrogens is 255 g/mol. The molecule has 1 aliphatic carbocycles. The monoisotopic (exact) mass is 274 g/mol. The molecule has 2 aliphatic rings. The molecule has 3 rings (SSSR count). The van der Waals surface area contributed by atoms with Gasteiger partial charge in [0.25, 0.3) is 0 Å². The van der Waals surface area contributed by atoms with Crippen LogP contribution in [0.4, 0.5) is 4.39 Å². The van der Waals surface area contributed by atoms with Gasteiger partial charge in [-0.3, -0.25) is 4.79 Å². The van der Waals surface area contributed by atoms with Gasteiger partial charge in [0.1, 0.15) is 5.82 Å². The van der Waals surface area contributed by atoms with E-state index in [9.17, 15) is 9.18 Å². The van der Waals surface area contributed by atoms with Crippen molar-refractivity contribution in [3.8, 4) is 0 Å². The molecule has 1 amide bonds. The average Bonchev–Trinajstić information content (AvgIpc) is 3.28. The second kappa shape index (κ2) is 5.37. The van der Waals surface area contributed by atoms with Crippen LogP contribution in [0.25, 0.3) is 0 Å². The van der Waals surface area contributed by atoms with Crippen molar-refractivity contribution in [2.75, 3.05) is 19.6 Å². The molecule has 2 N–H and O–H groups in total. The van der Waals surface area contributed by atoms with Crippen molar-refractivity contribution in [1.29, 1.82) is 0 Å². The molecule has 0 unspecified atom stereocenters. The second-order valence-corrected chi connectivity index (χ2v) is 5.59. The fourth-order valence-corrected chi connectivity index (χ4v) is 2.73. The molecule has 3 nitrogen and oxygen atoms in total. The summed E-state index contributed by atoms with van der Waals surface area (Å²) in [6, 6.07) is 6.31. The summed E-state index contributed by atoms with van der Waals surface area (Å²) < 4.78 is 13.0. The molecule has 1 aromatic rings. The lowest BCUT2D eigenvalue weighted by atomic mass is 9.95. The molecule has 0 bridgehead atoms. The van der Waals surface area contributed by atoms with Crippen molar-refractivity contribution in [1.82, 2.24) is 10.6 Å². The maximum Gasteiger partial charge on any atom is 0.230 e. The lowest BCUT2D eigenvalue weighted by Crippen LogP contribution is -2.37. The van der Waals surface area contributed by atoms with Crippen molar-refractivity contribution in [2.24, 2.45) is 0 Å². The van der Waals surface area contributed by atoms with Gasteiger partial charge in [0, 0.05) is 13.1 Å². The summed E-state index contributed by atoms with van der Waals surface area (Å²) in [6.45, 7) is 2.49. The van der Waals surface area contributed by atoms with Crippen molar-refractivity contribution in [3.05, 3.63) is 47.3 Å². The number of amides is 1. The maximum absolute atomic E-state index is 13.0. The highest BCUT2D eigenvalue weighted by Gasteiger charge is 2.51. The van der Waals surface area contributed by atoms with E-state index in [-0.39, 0.29) is 11.7 Å². The number of benzene rings is 1. The Labute approximate surface area is 118 Å². The van der Waals surface area contributed by atoms with Gasteiger partial charge < -0.3 is 10.6 Å². The van der Waals surface area contributed by atoms with Crippen molar-refractivity contribution in [2.45, 2.75) is 24.7 Å². The summed E-state index contributed by atoms with van der Waals surface area (Å²) >= 11 is 0. The molecule has 20 heavy (non-hydrogen) atoms. The first kappa shape index (κ1) is 13.3. The lowest BCUT2D eigenvalue weighted by molar-refractivity contribution is -0.123. The number of hydrogen-bond acceptors (Lipinski definition) is 2. The fourth-order valence-electron chi connectivity index (χ4n) is 2.73. The molecule has 0 spiro atoms. The van der Waals surface area contributed by atoms with Crippen LogP contribution in [0.5, 0.6) is 0 Å². The third kappa shape index (κ3) is 2.61. The highest BCUT2D eigenvalue weighted by Crippen LogP contribution is 2.48. The molecule has 0 aromatic heterocycles. The zero-order valence-electron chi connectivity index (χ0n) is 11.4. The second-order valence-electron chi connectivity index (χ2n) is 5.59. The Bertz CT molecular complexity index is 532. The van der Waals surface area contributed by atoms with Gasteiger partial charge >= 0.3 is 0 Å². The first-order chi connectivity index (χ1) is 9.71. The van der Waals surface area contributed by atoms with Gasteiger partial charge in [0.05, 0.1) is 5.41 Å². The van der Waals surface area contributed by atoms with Crippen molar-refractivity contribution >= 4 is 5.91 Å². The molecule has 0 radical (unpaired) electrons. The molecular formula is C16H19FN2O. The van der Waals surface area contributed by atoms with E-state index >= 15 is 0 Å². The quantitative estimate of drug-likeness (QED) is 0.823. The SMILES string of the molecule is O=C(NCC1=CCNCC1)C1(c2ccc(F)cc2)CC1. The molecule has 0 saturated heterocycles. The van der Waals surface area contributed by atoms with Crippen molar-refractivity contribution in [3.63, 3.8) is 0 Å². The van der Waals surface area contributed by atoms with E-state index in [0.29, 0.717) is 6.54 Å². The topological polar surface area (TPSA) is 41.1 Å². The van der Waals surface area contributed by atoms with Crippen LogP contribution >= 0.6 is 0 Å². The van der Waals surface area contributed by atoms with Crippen LogP contribution in [0, 0.1) is 5.82 Å². The van der Waals surface area contributed by atoms with Crippen LogP contribution in [0.3, 0.4) is 0 Å². The summed E-state index contributed by atoms with van der Waals surface area (Å²) in [6.07, 6.45) is 4.83. The van der Waals surface area contributed by atoms with Gasteiger partial charge in [0.15, 0.2) is 0 Å². The van der Waals surface area contributed by atoms with Crippen LogP contribution in [0.15, 0.2) is 35.9 Å². The highest BCUT2D eigenvalue weighted by molar-refractivity contribution is 5.91. The fraction of sp³-hybridized carbons (Fsp3) is 0.438. The van der Waals surface area contributed by atoms with E-state index in [2.05, 4.69) is 16.7 Å². The Morgan fingerprint density at radius 2 is 2.05 bits per heavy atom. The Morgan fingerprint density at radius 1 is 1.30 bits per heavy atom. The van der Waals surface area contributed by atoms with E-state index in [4.69, 9.17) is 0 Å². The Kier molecular flexibility index (Phi) is 3.57. The summed E-state index contributed by atoms with van der Waals surface area (Å²) in [7, 11) is 0. The van der Waals surface area contributed by atoms with Crippen LogP contribution in [0.2, 0.25) is 0 Å². The normalized spacial score (nSPS) is 20.1. The number of nitrogens with one attached hydrogen (secondary N) is 2. The summed E-state index contributed by atoms with van der Waals surface area (Å²) in [5.41, 5.74) is 1.80. The molecule has 1 aromatic carbocycles. The van der Waals surface area contributed by atoms with Gasteiger partial charge in [-0.25, -0.2) is 4.39 Å². The molecule has 106 valence electrons. The van der Waals surface area contributed by atoms with E-state index < -0.39 is 5.41 Å². The van der Waals surface area contributed by atoms with Crippen molar-refractivity contribution < 1.29 is 9.18 Å². The van der Waals surface area contributed by atoms with Gasteiger partial charge in [-0.15, -0.1) is 0 Å². The molecule has 1 saturated carbocycles. The van der Waals surface area contributed by atoms with Gasteiger partial charge in [-0.1, -0.05) is 23.8 Å². The van der Waals surface area contributed by atoms with Crippen LogP contribution in [0.1, 0.15) is 24.8 Å². The molecule has 1 fully saturated rings. The first-order valence-electron chi connectivity index (χ1n) is 7.14. The van der Waals surface area contributed by atoms with E-state index in [1.165, 1.54) is 17.7 Å². The van der Waals surface area contributed by atoms with E-state index in [1.54, 1.807) is 12.1 Å².